The molecule has 1 rings (SSSR count). The molecule has 0 aliphatic carbocycles. The molecule has 0 saturated carbocycles. The zero-order chi connectivity index (χ0) is 12.7. The Morgan fingerprint density at radius 1 is 1.71 bits per heavy atom. The number of pyridine rings is 1. The van der Waals surface area contributed by atoms with Gasteiger partial charge in [0, 0.05) is 12.7 Å². The van der Waals surface area contributed by atoms with Gasteiger partial charge in [0.25, 0.3) is 7.41 Å². The van der Waals surface area contributed by atoms with Crippen LogP contribution in [0.4, 0.5) is 11.5 Å². The number of nitrogens with two attached hydrogens (primary N) is 1. The molecule has 1 aromatic heterocycles. The smallest absolute Gasteiger partial charge is 0.321 e. The van der Waals surface area contributed by atoms with Gasteiger partial charge in [-0.05, 0) is 12.1 Å². The van der Waals surface area contributed by atoms with E-state index in [1.165, 1.54) is 0 Å². The molecule has 7 nitrogen and oxygen atoms in total. The first kappa shape index (κ1) is 13.0. The van der Waals surface area contributed by atoms with Crippen LogP contribution in [0.2, 0.25) is 0 Å². The molecule has 1 heterocycles. The fraction of sp³-hybridized carbons (Fsp3) is 0.222. The van der Waals surface area contributed by atoms with Crippen LogP contribution in [0.3, 0.4) is 0 Å². The summed E-state index contributed by atoms with van der Waals surface area (Å²) in [6.07, 6.45) is 2.02. The summed E-state index contributed by atoms with van der Waals surface area (Å²) in [6, 6.07) is 2.39. The molecule has 0 aliphatic rings. The number of carbonyl (C=O) groups is 2. The van der Waals surface area contributed by atoms with E-state index in [0.717, 1.165) is 7.41 Å². The minimum Gasteiger partial charge on any atom is -0.480 e. The predicted octanol–water partition coefficient (Wildman–Crippen LogP) is -1.07. The Labute approximate surface area is 98.7 Å². The molecule has 0 aliphatic heterocycles. The second kappa shape index (κ2) is 6.49. The number of aliphatic carboxylic acids is 1. The molecule has 89 valence electrons. The number of nitrogens with one attached hydrogen (secondary N) is 2. The summed E-state index contributed by atoms with van der Waals surface area (Å²) in [5.41, 5.74) is 6.05. The molecule has 1 atom stereocenters. The average Bonchev–Trinajstić information content (AvgIpc) is 2.31. The van der Waals surface area contributed by atoms with Crippen molar-refractivity contribution in [1.82, 2.24) is 10.2 Å². The standard InChI is InChI=1S/C9H12BN4O3/c11-6-2-1-3-12-8(6)13-4-7(9(16)17)14-10-5-15/h1-3,5,7,14H,4,11H2,(H,12,13)(H,16,17)/t7-/m0/s1. The highest BCUT2D eigenvalue weighted by molar-refractivity contribution is 6.64. The van der Waals surface area contributed by atoms with Gasteiger partial charge in [0.2, 0.25) is 0 Å². The van der Waals surface area contributed by atoms with E-state index in [9.17, 15) is 9.59 Å². The minimum atomic E-state index is -1.08. The third-order valence-corrected chi connectivity index (χ3v) is 1.98. The van der Waals surface area contributed by atoms with Crippen LogP contribution in [0.15, 0.2) is 18.3 Å². The molecular weight excluding hydrogens is 223 g/mol. The van der Waals surface area contributed by atoms with Crippen LogP contribution in [0.1, 0.15) is 0 Å². The van der Waals surface area contributed by atoms with Crippen LogP contribution in [-0.2, 0) is 9.59 Å². The third kappa shape index (κ3) is 4.11. The maximum absolute atomic E-state index is 10.8. The molecule has 0 aromatic carbocycles. The molecule has 0 spiro atoms. The van der Waals surface area contributed by atoms with Gasteiger partial charge < -0.3 is 26.2 Å². The minimum absolute atomic E-state index is 0.0564. The Kier molecular flexibility index (Phi) is 4.95. The number of hydrogen-bond acceptors (Lipinski definition) is 6. The molecule has 5 N–H and O–H groups in total. The molecule has 0 amide bonds. The van der Waals surface area contributed by atoms with Gasteiger partial charge in [0.15, 0.2) is 0 Å². The van der Waals surface area contributed by atoms with Crippen molar-refractivity contribution < 1.29 is 14.7 Å². The van der Waals surface area contributed by atoms with Crippen LogP contribution in [0.5, 0.6) is 0 Å². The van der Waals surface area contributed by atoms with Crippen molar-refractivity contribution in [3.63, 3.8) is 0 Å². The number of anilines is 2. The highest BCUT2D eigenvalue weighted by Gasteiger charge is 2.16. The fourth-order valence-electron chi connectivity index (χ4n) is 1.14. The number of carboxylic acids is 1. The van der Waals surface area contributed by atoms with E-state index in [0.29, 0.717) is 17.7 Å². The first-order valence-corrected chi connectivity index (χ1v) is 4.85. The summed E-state index contributed by atoms with van der Waals surface area (Å²) in [5, 5.41) is 14.1. The zero-order valence-corrected chi connectivity index (χ0v) is 8.96. The molecule has 1 aromatic rings. The SMILES string of the molecule is Nc1cccnc1NC[C@H](N[B]C=O)C(=O)O. The van der Waals surface area contributed by atoms with Gasteiger partial charge in [-0.3, -0.25) is 4.79 Å². The van der Waals surface area contributed by atoms with Crippen LogP contribution < -0.4 is 16.3 Å². The van der Waals surface area contributed by atoms with Crippen LogP contribution in [0, 0.1) is 0 Å². The van der Waals surface area contributed by atoms with E-state index in [2.05, 4.69) is 15.5 Å². The molecule has 17 heavy (non-hydrogen) atoms. The zero-order valence-electron chi connectivity index (χ0n) is 8.96. The molecule has 0 fully saturated rings. The van der Waals surface area contributed by atoms with Crippen molar-refractivity contribution in [3.05, 3.63) is 18.3 Å². The molecule has 0 bridgehead atoms. The van der Waals surface area contributed by atoms with Gasteiger partial charge in [-0.1, -0.05) is 0 Å². The monoisotopic (exact) mass is 235 g/mol. The lowest BCUT2D eigenvalue weighted by atomic mass is 9.96. The van der Waals surface area contributed by atoms with Crippen molar-refractivity contribution in [2.75, 3.05) is 17.6 Å². The van der Waals surface area contributed by atoms with Crippen LogP contribution >= 0.6 is 0 Å². The van der Waals surface area contributed by atoms with E-state index >= 15 is 0 Å². The summed E-state index contributed by atoms with van der Waals surface area (Å²) >= 11 is 0. The Balaban J connectivity index is 2.54. The maximum Gasteiger partial charge on any atom is 0.321 e. The molecule has 0 unspecified atom stereocenters. The normalized spacial score (nSPS) is 11.5. The number of carboxylic acid groups (broad SMARTS) is 1. The third-order valence-electron chi connectivity index (χ3n) is 1.98. The van der Waals surface area contributed by atoms with E-state index in [-0.39, 0.29) is 6.54 Å². The van der Waals surface area contributed by atoms with E-state index in [1.54, 1.807) is 18.3 Å². The van der Waals surface area contributed by atoms with Crippen LogP contribution in [-0.4, -0.2) is 42.2 Å². The summed E-state index contributed by atoms with van der Waals surface area (Å²) in [6.45, 7) is 0.0564. The molecule has 1 radical (unpaired) electrons. The Morgan fingerprint density at radius 2 is 2.47 bits per heavy atom. The topological polar surface area (TPSA) is 117 Å². The first-order valence-electron chi connectivity index (χ1n) is 4.85. The number of aromatic nitrogens is 1. The quantitative estimate of drug-likeness (QED) is 0.351. The molecule has 8 heteroatoms. The van der Waals surface area contributed by atoms with Gasteiger partial charge in [0.1, 0.15) is 11.9 Å². The predicted molar refractivity (Wildman–Crippen MR) is 64.2 cm³/mol. The summed E-state index contributed by atoms with van der Waals surface area (Å²) < 4.78 is 0. The number of nitrogens with zero attached hydrogens (tertiary/aromatic N) is 1. The van der Waals surface area contributed by atoms with Crippen molar-refractivity contribution in [3.8, 4) is 0 Å². The summed E-state index contributed by atoms with van der Waals surface area (Å²) in [4.78, 5) is 24.9. The van der Waals surface area contributed by atoms with E-state index in [1.807, 2.05) is 0 Å². The van der Waals surface area contributed by atoms with Gasteiger partial charge in [-0.25, -0.2) is 4.98 Å². The Morgan fingerprint density at radius 3 is 3.06 bits per heavy atom. The Hall–Kier alpha value is -2.09. The first-order chi connectivity index (χ1) is 8.15. The fourth-order valence-corrected chi connectivity index (χ4v) is 1.14. The highest BCUT2D eigenvalue weighted by Crippen LogP contribution is 2.12. The average molecular weight is 235 g/mol. The van der Waals surface area contributed by atoms with Gasteiger partial charge in [0.05, 0.1) is 11.9 Å². The number of rotatable bonds is 7. The van der Waals surface area contributed by atoms with Gasteiger partial charge in [-0.2, -0.15) is 0 Å². The lowest BCUT2D eigenvalue weighted by Crippen LogP contribution is -2.44. The second-order valence-corrected chi connectivity index (χ2v) is 3.18. The summed E-state index contributed by atoms with van der Waals surface area (Å²) in [5.74, 6) is -0.670. The lowest BCUT2D eigenvalue weighted by Gasteiger charge is -2.14. The molecular formula is C9H12BN4O3. The van der Waals surface area contributed by atoms with E-state index in [4.69, 9.17) is 10.8 Å². The number of hydrogen-bond donors (Lipinski definition) is 4. The van der Waals surface area contributed by atoms with Crippen molar-refractivity contribution >= 4 is 31.1 Å². The van der Waals surface area contributed by atoms with Crippen LogP contribution in [0.25, 0.3) is 0 Å². The molecule has 0 saturated heterocycles. The van der Waals surface area contributed by atoms with E-state index < -0.39 is 12.0 Å². The van der Waals surface area contributed by atoms with Gasteiger partial charge >= 0.3 is 5.97 Å². The maximum atomic E-state index is 10.8. The summed E-state index contributed by atoms with van der Waals surface area (Å²) in [7, 11) is 1.03. The highest BCUT2D eigenvalue weighted by atomic mass is 16.4. The Bertz CT molecular complexity index is 402. The second-order valence-electron chi connectivity index (χ2n) is 3.18. The van der Waals surface area contributed by atoms with Gasteiger partial charge in [-0.15, -0.1) is 0 Å². The largest absolute Gasteiger partial charge is 0.480 e. The van der Waals surface area contributed by atoms with Crippen molar-refractivity contribution in [1.29, 1.82) is 0 Å². The number of carbonyl (C=O) groups excluding carboxylic acids is 1. The van der Waals surface area contributed by atoms with Crippen molar-refractivity contribution in [2.45, 2.75) is 6.04 Å². The number of nitrogen functional groups attached to an aromatic ring is 1. The lowest BCUT2D eigenvalue weighted by molar-refractivity contribution is -0.138. The van der Waals surface area contributed by atoms with Crippen molar-refractivity contribution in [2.24, 2.45) is 0 Å².